The molecule has 0 radical (unpaired) electrons. The number of carbonyl (C=O) groups excluding carboxylic acids is 1. The Balaban J connectivity index is 1.48. The number of nitrogens with zero attached hydrogens (tertiary/aromatic N) is 4. The Labute approximate surface area is 181 Å². The Hall–Kier alpha value is -3.74. The van der Waals surface area contributed by atoms with Crippen LogP contribution >= 0.6 is 0 Å². The first-order valence-corrected chi connectivity index (χ1v) is 10.2. The molecule has 0 atom stereocenters. The molecule has 0 aliphatic carbocycles. The van der Waals surface area contributed by atoms with Crippen LogP contribution in [0.1, 0.15) is 28.3 Å². The van der Waals surface area contributed by atoms with Crippen LogP contribution in [-0.2, 0) is 6.54 Å². The van der Waals surface area contributed by atoms with Crippen LogP contribution in [0.2, 0.25) is 0 Å². The quantitative estimate of drug-likeness (QED) is 0.463. The predicted octanol–water partition coefficient (Wildman–Crippen LogP) is 3.94. The molecule has 0 aliphatic heterocycles. The second-order valence-electron chi connectivity index (χ2n) is 7.44. The van der Waals surface area contributed by atoms with Gasteiger partial charge in [0.1, 0.15) is 11.4 Å². The van der Waals surface area contributed by atoms with Crippen molar-refractivity contribution in [3.63, 3.8) is 0 Å². The molecule has 158 valence electrons. The van der Waals surface area contributed by atoms with E-state index in [0.717, 1.165) is 52.1 Å². The fraction of sp³-hybridized carbons (Fsp3) is 0.250. The molecule has 0 unspecified atom stereocenters. The first-order valence-electron chi connectivity index (χ1n) is 10.2. The molecule has 0 spiro atoms. The molecular formula is C24H25N5O2. The van der Waals surface area contributed by atoms with Gasteiger partial charge in [-0.3, -0.25) is 14.5 Å². The predicted molar refractivity (Wildman–Crippen MR) is 120 cm³/mol. The lowest BCUT2D eigenvalue weighted by Gasteiger charge is -2.09. The third-order valence-corrected chi connectivity index (χ3v) is 5.17. The summed E-state index contributed by atoms with van der Waals surface area (Å²) in [7, 11) is 1.64. The Bertz CT molecular complexity index is 1210. The number of aromatic nitrogens is 4. The lowest BCUT2D eigenvalue weighted by molar-refractivity contribution is 0.0948. The third kappa shape index (κ3) is 4.55. The number of fused-ring (bicyclic) bond motifs is 1. The van der Waals surface area contributed by atoms with Crippen molar-refractivity contribution >= 4 is 16.8 Å². The second-order valence-corrected chi connectivity index (χ2v) is 7.44. The summed E-state index contributed by atoms with van der Waals surface area (Å²) < 4.78 is 7.20. The van der Waals surface area contributed by atoms with Gasteiger partial charge in [-0.15, -0.1) is 0 Å². The maximum absolute atomic E-state index is 12.7. The highest BCUT2D eigenvalue weighted by atomic mass is 16.5. The van der Waals surface area contributed by atoms with Gasteiger partial charge in [0.15, 0.2) is 0 Å². The molecule has 0 bridgehead atoms. The van der Waals surface area contributed by atoms with Gasteiger partial charge < -0.3 is 10.1 Å². The summed E-state index contributed by atoms with van der Waals surface area (Å²) in [6, 6.07) is 13.4. The van der Waals surface area contributed by atoms with E-state index in [-0.39, 0.29) is 5.91 Å². The number of carbonyl (C=O) groups is 1. The Morgan fingerprint density at radius 2 is 1.90 bits per heavy atom. The molecule has 0 fully saturated rings. The third-order valence-electron chi connectivity index (χ3n) is 5.17. The number of methoxy groups -OCH3 is 1. The van der Waals surface area contributed by atoms with Gasteiger partial charge in [-0.1, -0.05) is 12.1 Å². The van der Waals surface area contributed by atoms with Gasteiger partial charge in [0.05, 0.1) is 18.3 Å². The molecule has 0 saturated carbocycles. The smallest absolute Gasteiger partial charge is 0.269 e. The zero-order valence-electron chi connectivity index (χ0n) is 17.9. The monoisotopic (exact) mass is 415 g/mol. The van der Waals surface area contributed by atoms with Crippen molar-refractivity contribution in [2.45, 2.75) is 26.8 Å². The number of aryl methyl sites for hydroxylation is 3. The zero-order chi connectivity index (χ0) is 21.8. The van der Waals surface area contributed by atoms with E-state index in [1.807, 2.05) is 54.9 Å². The average molecular weight is 415 g/mol. The molecule has 1 amide bonds. The minimum Gasteiger partial charge on any atom is -0.497 e. The number of nitrogens with one attached hydrogen (secondary N) is 1. The number of pyridine rings is 2. The highest BCUT2D eigenvalue weighted by molar-refractivity contribution is 5.98. The average Bonchev–Trinajstić information content (AvgIpc) is 3.12. The van der Waals surface area contributed by atoms with E-state index < -0.39 is 0 Å². The zero-order valence-corrected chi connectivity index (χ0v) is 17.9. The minimum absolute atomic E-state index is 0.187. The maximum atomic E-state index is 12.7. The number of hydrogen-bond acceptors (Lipinski definition) is 5. The van der Waals surface area contributed by atoms with Gasteiger partial charge in [0, 0.05) is 42.1 Å². The number of benzene rings is 1. The molecule has 1 N–H and O–H groups in total. The highest BCUT2D eigenvalue weighted by Crippen LogP contribution is 2.28. The van der Waals surface area contributed by atoms with Gasteiger partial charge in [-0.25, -0.2) is 4.98 Å². The maximum Gasteiger partial charge on any atom is 0.269 e. The van der Waals surface area contributed by atoms with Crippen LogP contribution in [0.25, 0.3) is 22.0 Å². The van der Waals surface area contributed by atoms with Crippen LogP contribution in [0, 0.1) is 13.8 Å². The first-order chi connectivity index (χ1) is 15.0. The van der Waals surface area contributed by atoms with Crippen LogP contribution in [0.3, 0.4) is 0 Å². The van der Waals surface area contributed by atoms with Crippen LogP contribution in [0.4, 0.5) is 0 Å². The van der Waals surface area contributed by atoms with Crippen molar-refractivity contribution in [1.82, 2.24) is 25.1 Å². The van der Waals surface area contributed by atoms with Gasteiger partial charge >= 0.3 is 0 Å². The molecule has 4 rings (SSSR count). The van der Waals surface area contributed by atoms with Gasteiger partial charge in [0.2, 0.25) is 0 Å². The molecule has 4 aromatic rings. The molecular weight excluding hydrogens is 390 g/mol. The van der Waals surface area contributed by atoms with Crippen molar-refractivity contribution in [2.24, 2.45) is 0 Å². The van der Waals surface area contributed by atoms with E-state index >= 15 is 0 Å². The Kier molecular flexibility index (Phi) is 5.93. The molecule has 0 aliphatic rings. The van der Waals surface area contributed by atoms with Gasteiger partial charge in [-0.2, -0.15) is 5.10 Å². The number of rotatable bonds is 7. The van der Waals surface area contributed by atoms with Crippen LogP contribution < -0.4 is 10.1 Å². The van der Waals surface area contributed by atoms with Crippen molar-refractivity contribution < 1.29 is 9.53 Å². The van der Waals surface area contributed by atoms with E-state index in [2.05, 4.69) is 20.4 Å². The molecule has 31 heavy (non-hydrogen) atoms. The summed E-state index contributed by atoms with van der Waals surface area (Å²) >= 11 is 0. The molecule has 7 nitrogen and oxygen atoms in total. The molecule has 3 heterocycles. The fourth-order valence-electron chi connectivity index (χ4n) is 3.57. The SMILES string of the molecule is COc1ccc(-c2cncc3ccc(C(=O)NCCCn4nc(C)cc4C)nc23)cc1. The second kappa shape index (κ2) is 8.95. The van der Waals surface area contributed by atoms with E-state index in [9.17, 15) is 4.79 Å². The molecule has 3 aromatic heterocycles. The largest absolute Gasteiger partial charge is 0.497 e. The lowest BCUT2D eigenvalue weighted by atomic mass is 10.0. The summed E-state index contributed by atoms with van der Waals surface area (Å²) in [5.41, 5.74) is 5.10. The summed E-state index contributed by atoms with van der Waals surface area (Å²) in [5, 5.41) is 8.29. The van der Waals surface area contributed by atoms with Crippen LogP contribution in [0.15, 0.2) is 54.9 Å². The normalized spacial score (nSPS) is 10.9. The van der Waals surface area contributed by atoms with Gasteiger partial charge in [-0.05, 0) is 56.2 Å². The highest BCUT2D eigenvalue weighted by Gasteiger charge is 2.12. The van der Waals surface area contributed by atoms with Crippen molar-refractivity contribution in [3.8, 4) is 16.9 Å². The van der Waals surface area contributed by atoms with Crippen LogP contribution in [-0.4, -0.2) is 39.3 Å². The summed E-state index contributed by atoms with van der Waals surface area (Å²) in [5.74, 6) is 0.596. The van der Waals surface area contributed by atoms with E-state index in [0.29, 0.717) is 12.2 Å². The summed E-state index contributed by atoms with van der Waals surface area (Å²) in [4.78, 5) is 21.6. The Morgan fingerprint density at radius 3 is 2.61 bits per heavy atom. The lowest BCUT2D eigenvalue weighted by Crippen LogP contribution is -2.26. The van der Waals surface area contributed by atoms with E-state index in [1.165, 1.54) is 0 Å². The van der Waals surface area contributed by atoms with Gasteiger partial charge in [0.25, 0.3) is 5.91 Å². The molecule has 7 heteroatoms. The molecule has 0 saturated heterocycles. The first kappa shape index (κ1) is 20.5. The van der Waals surface area contributed by atoms with Crippen LogP contribution in [0.5, 0.6) is 5.75 Å². The minimum atomic E-state index is -0.187. The topological polar surface area (TPSA) is 81.9 Å². The number of hydrogen-bond donors (Lipinski definition) is 1. The van der Waals surface area contributed by atoms with Crippen molar-refractivity contribution in [2.75, 3.05) is 13.7 Å². The fourth-order valence-corrected chi connectivity index (χ4v) is 3.57. The van der Waals surface area contributed by atoms with Crippen molar-refractivity contribution in [3.05, 3.63) is 71.9 Å². The van der Waals surface area contributed by atoms with Crippen molar-refractivity contribution in [1.29, 1.82) is 0 Å². The van der Waals surface area contributed by atoms with E-state index in [1.54, 1.807) is 25.6 Å². The Morgan fingerprint density at radius 1 is 1.10 bits per heavy atom. The number of ether oxygens (including phenoxy) is 1. The standard InChI is InChI=1S/C24H25N5O2/c1-16-13-17(2)29(28-16)12-4-11-26-24(30)22-10-7-19-14-25-15-21(23(19)27-22)18-5-8-20(31-3)9-6-18/h5-10,13-15H,4,11-12H2,1-3H3,(H,26,30). The number of amides is 1. The van der Waals surface area contributed by atoms with E-state index in [4.69, 9.17) is 4.74 Å². The summed E-state index contributed by atoms with van der Waals surface area (Å²) in [6.45, 7) is 5.33. The molecule has 1 aromatic carbocycles. The summed E-state index contributed by atoms with van der Waals surface area (Å²) in [6.07, 6.45) is 4.32.